The number of aliphatic hydroxyl groups excluding tert-OH is 1. The highest BCUT2D eigenvalue weighted by Crippen LogP contribution is 2.40. The number of aromatic amines is 1. The normalized spacial score (nSPS) is 14.9. The second-order valence-corrected chi connectivity index (χ2v) is 21.9. The molecule has 0 unspecified atom stereocenters. The van der Waals surface area contributed by atoms with E-state index in [2.05, 4.69) is 42.9 Å². The zero-order valence-electron chi connectivity index (χ0n) is 45.7. The van der Waals surface area contributed by atoms with E-state index in [0.29, 0.717) is 123 Å². The van der Waals surface area contributed by atoms with Crippen LogP contribution in [0.3, 0.4) is 0 Å². The van der Waals surface area contributed by atoms with Crippen LogP contribution in [-0.2, 0) is 52.3 Å². The number of aromatic nitrogens is 5. The molecule has 0 saturated carbocycles. The van der Waals surface area contributed by atoms with Gasteiger partial charge in [-0.05, 0) is 67.8 Å². The second kappa shape index (κ2) is 28.0. The molecule has 8 rings (SSSR count). The molecule has 4 amide bonds. The van der Waals surface area contributed by atoms with Gasteiger partial charge in [0.15, 0.2) is 5.52 Å². The quantitative estimate of drug-likeness (QED) is 0.0227. The lowest BCUT2D eigenvalue weighted by atomic mass is 9.90. The summed E-state index contributed by atoms with van der Waals surface area (Å²) in [6, 6.07) is 19.7. The Morgan fingerprint density at radius 1 is 0.887 bits per heavy atom. The molecular weight excluding hydrogens is 1060 g/mol. The minimum absolute atomic E-state index is 0.0305. The number of benzene rings is 3. The molecule has 1 saturated heterocycles. The number of rotatable bonds is 26. The van der Waals surface area contributed by atoms with Crippen LogP contribution in [0.5, 0.6) is 0 Å². The van der Waals surface area contributed by atoms with Crippen LogP contribution >= 0.6 is 23.2 Å². The number of allylic oxidation sites excluding steroid dienone is 1. The Morgan fingerprint density at radius 3 is 2.30 bits per heavy atom. The maximum absolute atomic E-state index is 13.7. The second-order valence-electron chi connectivity index (χ2n) is 21.1. The molecule has 8 N–H and O–H groups in total. The molecule has 0 aliphatic carbocycles. The number of halogens is 2. The van der Waals surface area contributed by atoms with E-state index in [9.17, 15) is 34.2 Å². The summed E-state index contributed by atoms with van der Waals surface area (Å²) < 4.78 is 3.10. The highest BCUT2D eigenvalue weighted by molar-refractivity contribution is 6.45. The molecule has 5 heterocycles. The van der Waals surface area contributed by atoms with E-state index in [-0.39, 0.29) is 47.2 Å². The standard InChI is InChI=1S/C59H74Cl2N12O7/c1-39(41-12-7-6-8-13-41)32-50(77)71-30-22-59(80,23-31-71)37-73-38-67-55-56(58(73)79)69-70(2)57(55)42-18-16-40(17-19-42)34-64-24-11-25-65-48(75)14-9-4-3-5-10-15-49(76)66-28-27-63-26-20-46(62)43-33-45(60)53(61)54-52(43)44-35-72(51(78)36-74)29-21-47(44)68-54/h6-8,12-13,16-20,26,33,38-39,64,68,74,80H,3-5,9-11,14-15,21-25,27-32,34-37,62H2,1-2H3,(H,65,75)(H,66,76)/b46-20-,63-26?/t39-/m1/s1. The number of aryl methyl sites for hydroxylation is 1. The predicted octanol–water partition coefficient (Wildman–Crippen LogP) is 6.52. The monoisotopic (exact) mass is 1130 g/mol. The molecule has 2 aliphatic heterocycles. The SMILES string of the molecule is C[C@H](CC(=O)N1CCC(O)(Cn2cnc3c(-c4ccc(CNCCCNC(=O)CCCCCCCC(=O)NCCN=C/C=C(\N)c5cc(Cl)c(Cl)c6[nH]c7c(c56)CN(C(=O)CO)CC7)cc4)n(C)nc3c2=O)CC1)c1ccccc1. The molecule has 19 nitrogen and oxygen atoms in total. The predicted molar refractivity (Wildman–Crippen MR) is 313 cm³/mol. The first kappa shape index (κ1) is 59.2. The number of hydrogen-bond donors (Lipinski definition) is 7. The first-order chi connectivity index (χ1) is 38.6. The van der Waals surface area contributed by atoms with Gasteiger partial charge in [0.25, 0.3) is 5.56 Å². The van der Waals surface area contributed by atoms with Crippen molar-refractivity contribution in [3.8, 4) is 11.3 Å². The number of hydrogen-bond acceptors (Lipinski definition) is 12. The van der Waals surface area contributed by atoms with E-state index >= 15 is 0 Å². The van der Waals surface area contributed by atoms with Gasteiger partial charge in [0.2, 0.25) is 23.6 Å². The van der Waals surface area contributed by atoms with Crippen molar-refractivity contribution in [1.82, 2.24) is 50.1 Å². The summed E-state index contributed by atoms with van der Waals surface area (Å²) in [6.07, 6.45) is 12.5. The van der Waals surface area contributed by atoms with Gasteiger partial charge >= 0.3 is 0 Å². The van der Waals surface area contributed by atoms with Crippen LogP contribution in [0.1, 0.15) is 111 Å². The van der Waals surface area contributed by atoms with Crippen molar-refractivity contribution in [3.05, 3.63) is 121 Å². The number of piperidine rings is 1. The van der Waals surface area contributed by atoms with Gasteiger partial charge in [0, 0.05) is 118 Å². The van der Waals surface area contributed by atoms with Gasteiger partial charge in [-0.1, -0.05) is 104 Å². The summed E-state index contributed by atoms with van der Waals surface area (Å²) >= 11 is 13.0. The smallest absolute Gasteiger partial charge is 0.281 e. The number of H-pyrrole nitrogens is 1. The lowest BCUT2D eigenvalue weighted by Gasteiger charge is -2.38. The number of amides is 4. The number of unbranched alkanes of at least 4 members (excludes halogenated alkanes) is 4. The van der Waals surface area contributed by atoms with E-state index in [1.165, 1.54) is 10.9 Å². The van der Waals surface area contributed by atoms with Gasteiger partial charge in [-0.2, -0.15) is 5.10 Å². The number of aliphatic hydroxyl groups is 2. The molecule has 0 bridgehead atoms. The average molecular weight is 1130 g/mol. The minimum Gasteiger partial charge on any atom is -0.398 e. The van der Waals surface area contributed by atoms with Crippen LogP contribution in [-0.4, -0.2) is 132 Å². The first-order valence-electron chi connectivity index (χ1n) is 27.8. The molecule has 426 valence electrons. The van der Waals surface area contributed by atoms with Crippen molar-refractivity contribution >= 4 is 80.7 Å². The topological polar surface area (TPSA) is 258 Å². The van der Waals surface area contributed by atoms with Crippen molar-refractivity contribution in [2.75, 3.05) is 52.4 Å². The summed E-state index contributed by atoms with van der Waals surface area (Å²) in [4.78, 5) is 79.7. The number of likely N-dealkylation sites (tertiary alicyclic amines) is 1. The average Bonchev–Trinajstić information content (AvgIpc) is 4.02. The lowest BCUT2D eigenvalue weighted by molar-refractivity contribution is -0.136. The number of aliphatic imine (C=N–C) groups is 1. The fourth-order valence-corrected chi connectivity index (χ4v) is 11.0. The zero-order valence-corrected chi connectivity index (χ0v) is 47.3. The molecule has 2 aliphatic rings. The third kappa shape index (κ3) is 15.1. The van der Waals surface area contributed by atoms with E-state index in [1.54, 1.807) is 35.0 Å². The number of carbonyl (C=O) groups excluding carboxylic acids is 4. The first-order valence-corrected chi connectivity index (χ1v) is 28.5. The molecule has 6 aromatic rings. The van der Waals surface area contributed by atoms with Crippen molar-refractivity contribution in [1.29, 1.82) is 0 Å². The van der Waals surface area contributed by atoms with Gasteiger partial charge in [0.1, 0.15) is 12.1 Å². The maximum atomic E-state index is 13.7. The molecule has 1 atom stereocenters. The summed E-state index contributed by atoms with van der Waals surface area (Å²) in [5, 5.41) is 36.3. The van der Waals surface area contributed by atoms with E-state index in [0.717, 1.165) is 84.1 Å². The third-order valence-corrected chi connectivity index (χ3v) is 16.0. The molecule has 80 heavy (non-hydrogen) atoms. The molecule has 3 aromatic carbocycles. The summed E-state index contributed by atoms with van der Waals surface area (Å²) in [5.41, 5.74) is 13.1. The number of nitrogens with zero attached hydrogens (tertiary/aromatic N) is 7. The maximum Gasteiger partial charge on any atom is 0.281 e. The molecule has 0 spiro atoms. The molecule has 0 radical (unpaired) electrons. The largest absolute Gasteiger partial charge is 0.398 e. The Morgan fingerprint density at radius 2 is 1.59 bits per heavy atom. The van der Waals surface area contributed by atoms with E-state index in [4.69, 9.17) is 28.9 Å². The number of nitrogens with two attached hydrogens (primary N) is 1. The highest BCUT2D eigenvalue weighted by Gasteiger charge is 2.35. The van der Waals surface area contributed by atoms with Gasteiger partial charge in [-0.15, -0.1) is 0 Å². The lowest BCUT2D eigenvalue weighted by Crippen LogP contribution is -2.49. The van der Waals surface area contributed by atoms with Gasteiger partial charge in [0.05, 0.1) is 46.3 Å². The highest BCUT2D eigenvalue weighted by atomic mass is 35.5. The van der Waals surface area contributed by atoms with Crippen LogP contribution < -0.4 is 27.2 Å². The Labute approximate surface area is 476 Å². The number of nitrogens with one attached hydrogen (secondary N) is 4. The number of carbonyl (C=O) groups is 4. The zero-order chi connectivity index (χ0) is 56.8. The summed E-state index contributed by atoms with van der Waals surface area (Å²) in [6.45, 7) is 5.91. The van der Waals surface area contributed by atoms with Crippen molar-refractivity contribution in [3.63, 3.8) is 0 Å². The molecule has 3 aromatic heterocycles. The third-order valence-electron chi connectivity index (χ3n) is 15.3. The molecule has 21 heteroatoms. The van der Waals surface area contributed by atoms with Crippen molar-refractivity contribution < 1.29 is 29.4 Å². The summed E-state index contributed by atoms with van der Waals surface area (Å²) in [7, 11) is 1.79. The van der Waals surface area contributed by atoms with Crippen LogP contribution in [0, 0.1) is 0 Å². The fourth-order valence-electron chi connectivity index (χ4n) is 10.6. The molecular formula is C59H74Cl2N12O7. The Bertz CT molecular complexity index is 3260. The fraction of sp³-hybridized carbons (Fsp3) is 0.458. The molecule has 1 fully saturated rings. The number of fused-ring (bicyclic) bond motifs is 4. The van der Waals surface area contributed by atoms with E-state index < -0.39 is 12.2 Å². The van der Waals surface area contributed by atoms with Crippen molar-refractivity contribution in [2.24, 2.45) is 17.8 Å². The van der Waals surface area contributed by atoms with Crippen LogP contribution in [0.2, 0.25) is 10.0 Å². The Hall–Kier alpha value is -6.90. The Kier molecular flexibility index (Phi) is 20.7. The minimum atomic E-state index is -1.15. The van der Waals surface area contributed by atoms with Gasteiger partial charge in [-0.3, -0.25) is 38.2 Å². The van der Waals surface area contributed by atoms with Crippen molar-refractivity contribution in [2.45, 2.75) is 115 Å². The Balaban J connectivity index is 0.657. The van der Waals surface area contributed by atoms with Crippen LogP contribution in [0.4, 0.5) is 0 Å². The summed E-state index contributed by atoms with van der Waals surface area (Å²) in [5.74, 6) is -0.176. The van der Waals surface area contributed by atoms with Gasteiger partial charge < -0.3 is 46.7 Å². The van der Waals surface area contributed by atoms with E-state index in [1.807, 2.05) is 59.5 Å². The van der Waals surface area contributed by atoms with Crippen LogP contribution in [0.25, 0.3) is 38.9 Å². The van der Waals surface area contributed by atoms with Gasteiger partial charge in [-0.25, -0.2) is 4.98 Å². The van der Waals surface area contributed by atoms with Crippen LogP contribution in [0.15, 0.2) is 82.9 Å².